The molecule has 3 heterocycles. The minimum Gasteiger partial charge on any atom is -0.493 e. The van der Waals surface area contributed by atoms with Crippen molar-refractivity contribution in [2.24, 2.45) is 0 Å². The fraction of sp³-hybridized carbons (Fsp3) is 0.471. The lowest BCUT2D eigenvalue weighted by Crippen LogP contribution is -2.48. The molecule has 1 amide bonds. The largest absolute Gasteiger partial charge is 0.493 e. The van der Waals surface area contributed by atoms with E-state index in [0.717, 1.165) is 36.4 Å². The Morgan fingerprint density at radius 1 is 1.25 bits per heavy atom. The number of rotatable bonds is 3. The molecule has 1 aromatic heterocycles. The average molecular weight is 328 g/mol. The number of amides is 1. The van der Waals surface area contributed by atoms with Crippen LogP contribution in [0.5, 0.6) is 5.75 Å². The Morgan fingerprint density at radius 3 is 2.83 bits per heavy atom. The van der Waals surface area contributed by atoms with Crippen molar-refractivity contribution >= 4 is 5.91 Å². The second-order valence-corrected chi connectivity index (χ2v) is 6.22. The highest BCUT2D eigenvalue weighted by atomic mass is 16.5. The van der Waals surface area contributed by atoms with Gasteiger partial charge in [0.1, 0.15) is 5.75 Å². The van der Waals surface area contributed by atoms with E-state index in [2.05, 4.69) is 15.0 Å². The average Bonchev–Trinajstić information content (AvgIpc) is 3.23. The zero-order valence-electron chi connectivity index (χ0n) is 13.7. The van der Waals surface area contributed by atoms with Gasteiger partial charge in [0.25, 0.3) is 5.91 Å². The van der Waals surface area contributed by atoms with Gasteiger partial charge >= 0.3 is 0 Å². The monoisotopic (exact) mass is 328 g/mol. The van der Waals surface area contributed by atoms with Crippen molar-refractivity contribution in [1.29, 1.82) is 0 Å². The van der Waals surface area contributed by atoms with E-state index in [0.29, 0.717) is 38.0 Å². The van der Waals surface area contributed by atoms with E-state index in [4.69, 9.17) is 9.26 Å². The lowest BCUT2D eigenvalue weighted by Gasteiger charge is -2.34. The molecular weight excluding hydrogens is 308 g/mol. The van der Waals surface area contributed by atoms with Crippen LogP contribution >= 0.6 is 0 Å². The summed E-state index contributed by atoms with van der Waals surface area (Å²) in [7, 11) is 0. The first-order chi connectivity index (χ1) is 11.7. The van der Waals surface area contributed by atoms with Gasteiger partial charge in [0.2, 0.25) is 5.89 Å². The Labute approximate surface area is 140 Å². The SMILES string of the molecule is Cc1nc(CN2CCN(C(=O)c3ccc4c(c3)CCO4)CC2)no1. The van der Waals surface area contributed by atoms with Crippen LogP contribution in [0.4, 0.5) is 0 Å². The van der Waals surface area contributed by atoms with Gasteiger partial charge in [0, 0.05) is 45.1 Å². The molecule has 7 nitrogen and oxygen atoms in total. The zero-order chi connectivity index (χ0) is 16.5. The van der Waals surface area contributed by atoms with Gasteiger partial charge < -0.3 is 14.2 Å². The minimum absolute atomic E-state index is 0.0970. The maximum Gasteiger partial charge on any atom is 0.253 e. The van der Waals surface area contributed by atoms with Gasteiger partial charge in [-0.2, -0.15) is 4.98 Å². The molecule has 0 N–H and O–H groups in total. The standard InChI is InChI=1S/C17H20N4O3/c1-12-18-16(19-24-12)11-20-5-7-21(8-6-20)17(22)14-2-3-15-13(10-14)4-9-23-15/h2-3,10H,4-9,11H2,1H3. The zero-order valence-corrected chi connectivity index (χ0v) is 13.7. The minimum atomic E-state index is 0.0970. The van der Waals surface area contributed by atoms with Gasteiger partial charge in [-0.3, -0.25) is 9.69 Å². The molecule has 2 aliphatic heterocycles. The van der Waals surface area contributed by atoms with E-state index >= 15 is 0 Å². The molecule has 0 atom stereocenters. The number of piperazine rings is 1. The van der Waals surface area contributed by atoms with E-state index in [1.807, 2.05) is 23.1 Å². The molecule has 2 aromatic rings. The number of aryl methyl sites for hydroxylation is 1. The Hall–Kier alpha value is -2.41. The number of nitrogens with zero attached hydrogens (tertiary/aromatic N) is 4. The molecule has 0 unspecified atom stereocenters. The third-order valence-electron chi connectivity index (χ3n) is 4.53. The Bertz CT molecular complexity index is 750. The van der Waals surface area contributed by atoms with Crippen molar-refractivity contribution in [3.05, 3.63) is 41.0 Å². The topological polar surface area (TPSA) is 71.7 Å². The Balaban J connectivity index is 1.36. The maximum absolute atomic E-state index is 12.7. The smallest absolute Gasteiger partial charge is 0.253 e. The molecule has 0 radical (unpaired) electrons. The third-order valence-corrected chi connectivity index (χ3v) is 4.53. The molecule has 7 heteroatoms. The van der Waals surface area contributed by atoms with Crippen molar-refractivity contribution in [2.75, 3.05) is 32.8 Å². The van der Waals surface area contributed by atoms with Crippen LogP contribution in [0.25, 0.3) is 0 Å². The molecule has 0 aliphatic carbocycles. The Kier molecular flexibility index (Phi) is 3.93. The van der Waals surface area contributed by atoms with E-state index in [1.165, 1.54) is 0 Å². The highest BCUT2D eigenvalue weighted by molar-refractivity contribution is 5.94. The maximum atomic E-state index is 12.7. The van der Waals surface area contributed by atoms with Crippen LogP contribution in [0.3, 0.4) is 0 Å². The van der Waals surface area contributed by atoms with Gasteiger partial charge in [-0.15, -0.1) is 0 Å². The molecule has 1 aromatic carbocycles. The van der Waals surface area contributed by atoms with Crippen molar-refractivity contribution < 1.29 is 14.1 Å². The fourth-order valence-electron chi connectivity index (χ4n) is 3.22. The first-order valence-electron chi connectivity index (χ1n) is 8.25. The molecule has 0 bridgehead atoms. The molecule has 0 spiro atoms. The number of ether oxygens (including phenoxy) is 1. The van der Waals surface area contributed by atoms with Crippen LogP contribution in [-0.2, 0) is 13.0 Å². The van der Waals surface area contributed by atoms with Crippen LogP contribution in [0.15, 0.2) is 22.7 Å². The summed E-state index contributed by atoms with van der Waals surface area (Å²) < 4.78 is 10.5. The van der Waals surface area contributed by atoms with E-state index < -0.39 is 0 Å². The number of aromatic nitrogens is 2. The van der Waals surface area contributed by atoms with Gasteiger partial charge in [0.05, 0.1) is 13.2 Å². The summed E-state index contributed by atoms with van der Waals surface area (Å²) in [5, 5.41) is 3.92. The summed E-state index contributed by atoms with van der Waals surface area (Å²) >= 11 is 0. The summed E-state index contributed by atoms with van der Waals surface area (Å²) in [5.74, 6) is 2.29. The highest BCUT2D eigenvalue weighted by Crippen LogP contribution is 2.26. The molecule has 1 fully saturated rings. The molecule has 1 saturated heterocycles. The lowest BCUT2D eigenvalue weighted by molar-refractivity contribution is 0.0624. The van der Waals surface area contributed by atoms with Crippen LogP contribution in [-0.4, -0.2) is 58.6 Å². The van der Waals surface area contributed by atoms with Gasteiger partial charge in [0.15, 0.2) is 5.82 Å². The van der Waals surface area contributed by atoms with Gasteiger partial charge in [-0.1, -0.05) is 5.16 Å². The Morgan fingerprint density at radius 2 is 2.08 bits per heavy atom. The normalized spacial score (nSPS) is 17.6. The first kappa shape index (κ1) is 15.1. The summed E-state index contributed by atoms with van der Waals surface area (Å²) in [6.45, 7) is 6.21. The number of fused-ring (bicyclic) bond motifs is 1. The predicted octanol–water partition coefficient (Wildman–Crippen LogP) is 1.27. The number of benzene rings is 1. The first-order valence-corrected chi connectivity index (χ1v) is 8.25. The summed E-state index contributed by atoms with van der Waals surface area (Å²) in [6.07, 6.45) is 0.883. The quantitative estimate of drug-likeness (QED) is 0.845. The van der Waals surface area contributed by atoms with Crippen molar-refractivity contribution in [1.82, 2.24) is 19.9 Å². The summed E-state index contributed by atoms with van der Waals surface area (Å²) in [6, 6.07) is 5.74. The van der Waals surface area contributed by atoms with E-state index in [-0.39, 0.29) is 5.91 Å². The molecule has 2 aliphatic rings. The second kappa shape index (κ2) is 6.24. The molecular formula is C17H20N4O3. The van der Waals surface area contributed by atoms with E-state index in [9.17, 15) is 4.79 Å². The van der Waals surface area contributed by atoms with Crippen molar-refractivity contribution in [3.8, 4) is 5.75 Å². The lowest BCUT2D eigenvalue weighted by atomic mass is 10.1. The molecule has 4 rings (SSSR count). The number of hydrogen-bond donors (Lipinski definition) is 0. The van der Waals surface area contributed by atoms with Gasteiger partial charge in [-0.05, 0) is 23.8 Å². The second-order valence-electron chi connectivity index (χ2n) is 6.22. The summed E-state index contributed by atoms with van der Waals surface area (Å²) in [5.41, 5.74) is 1.88. The third kappa shape index (κ3) is 2.99. The molecule has 126 valence electrons. The van der Waals surface area contributed by atoms with Crippen LogP contribution < -0.4 is 4.74 Å². The number of carbonyl (C=O) groups excluding carboxylic acids is 1. The summed E-state index contributed by atoms with van der Waals surface area (Å²) in [4.78, 5) is 21.1. The van der Waals surface area contributed by atoms with Gasteiger partial charge in [-0.25, -0.2) is 0 Å². The molecule has 24 heavy (non-hydrogen) atoms. The highest BCUT2D eigenvalue weighted by Gasteiger charge is 2.24. The van der Waals surface area contributed by atoms with Crippen molar-refractivity contribution in [3.63, 3.8) is 0 Å². The molecule has 0 saturated carbocycles. The predicted molar refractivity (Wildman–Crippen MR) is 85.9 cm³/mol. The van der Waals surface area contributed by atoms with Crippen molar-refractivity contribution in [2.45, 2.75) is 19.9 Å². The van der Waals surface area contributed by atoms with E-state index in [1.54, 1.807) is 6.92 Å². The fourth-order valence-corrected chi connectivity index (χ4v) is 3.22. The van der Waals surface area contributed by atoms with Crippen LogP contribution in [0.1, 0.15) is 27.6 Å². The van der Waals surface area contributed by atoms with Crippen LogP contribution in [0, 0.1) is 6.92 Å². The van der Waals surface area contributed by atoms with Crippen LogP contribution in [0.2, 0.25) is 0 Å². The number of carbonyl (C=O) groups is 1. The number of hydrogen-bond acceptors (Lipinski definition) is 6.